The molecule has 0 amide bonds. The third-order valence-corrected chi connectivity index (χ3v) is 3.21. The fraction of sp³-hybridized carbons (Fsp3) is 1.00. The van der Waals surface area contributed by atoms with Crippen molar-refractivity contribution in [2.24, 2.45) is 17.8 Å². The average Bonchev–Trinajstić information content (AvgIpc) is 2.12. The summed E-state index contributed by atoms with van der Waals surface area (Å²) in [5.74, 6) is 2.42. The van der Waals surface area contributed by atoms with Crippen molar-refractivity contribution < 1.29 is 0 Å². The molecule has 1 heteroatoms. The monoisotopic (exact) mass is 241 g/mol. The summed E-state index contributed by atoms with van der Waals surface area (Å²) in [5, 5.41) is 3.84. The van der Waals surface area contributed by atoms with Gasteiger partial charge in [-0.15, -0.1) is 0 Å². The van der Waals surface area contributed by atoms with Crippen LogP contribution in [0.25, 0.3) is 0 Å². The molecule has 0 aromatic rings. The molecule has 0 aliphatic rings. The van der Waals surface area contributed by atoms with Crippen LogP contribution in [0.2, 0.25) is 0 Å². The van der Waals surface area contributed by atoms with Crippen molar-refractivity contribution in [1.29, 1.82) is 0 Å². The molecule has 17 heavy (non-hydrogen) atoms. The first-order valence-corrected chi connectivity index (χ1v) is 7.57. The molecule has 1 atom stereocenters. The van der Waals surface area contributed by atoms with Crippen LogP contribution in [0, 0.1) is 17.8 Å². The van der Waals surface area contributed by atoms with Gasteiger partial charge in [-0.25, -0.2) is 0 Å². The second kappa shape index (κ2) is 8.97. The highest BCUT2D eigenvalue weighted by molar-refractivity contribution is 4.74. The minimum Gasteiger partial charge on any atom is -0.311 e. The van der Waals surface area contributed by atoms with Crippen molar-refractivity contribution in [3.05, 3.63) is 0 Å². The topological polar surface area (TPSA) is 12.0 Å². The van der Waals surface area contributed by atoms with Gasteiger partial charge in [0.25, 0.3) is 0 Å². The lowest BCUT2D eigenvalue weighted by Gasteiger charge is -2.26. The maximum Gasteiger partial charge on any atom is 0.00744 e. The first-order valence-electron chi connectivity index (χ1n) is 7.57. The van der Waals surface area contributed by atoms with Gasteiger partial charge >= 0.3 is 0 Å². The second-order valence-electron chi connectivity index (χ2n) is 6.99. The first kappa shape index (κ1) is 17.0. The van der Waals surface area contributed by atoms with Gasteiger partial charge in [0.15, 0.2) is 0 Å². The molecule has 0 aliphatic carbocycles. The van der Waals surface area contributed by atoms with Gasteiger partial charge in [-0.2, -0.15) is 0 Å². The molecule has 0 spiro atoms. The highest BCUT2D eigenvalue weighted by Crippen LogP contribution is 2.15. The predicted molar refractivity (Wildman–Crippen MR) is 79.4 cm³/mol. The molecule has 0 aromatic heterocycles. The molecule has 104 valence electrons. The van der Waals surface area contributed by atoms with Crippen LogP contribution < -0.4 is 5.32 Å². The zero-order valence-corrected chi connectivity index (χ0v) is 13.2. The average molecular weight is 241 g/mol. The summed E-state index contributed by atoms with van der Waals surface area (Å²) in [6.07, 6.45) is 5.27. The molecule has 1 unspecified atom stereocenters. The summed E-state index contributed by atoms with van der Waals surface area (Å²) < 4.78 is 0. The third kappa shape index (κ3) is 10.8. The lowest BCUT2D eigenvalue weighted by Crippen LogP contribution is -2.38. The number of rotatable bonds is 9. The summed E-state index contributed by atoms with van der Waals surface area (Å²) >= 11 is 0. The third-order valence-electron chi connectivity index (χ3n) is 3.21. The standard InChI is InChI=1S/C16H35N/c1-12(2)8-9-15(7)17-16(10-13(3)4)11-14(5)6/h12-17H,8-11H2,1-7H3. The van der Waals surface area contributed by atoms with Gasteiger partial charge in [-0.05, 0) is 50.4 Å². The van der Waals surface area contributed by atoms with Crippen LogP contribution >= 0.6 is 0 Å². The van der Waals surface area contributed by atoms with E-state index >= 15 is 0 Å². The van der Waals surface area contributed by atoms with Gasteiger partial charge in [0.2, 0.25) is 0 Å². The van der Waals surface area contributed by atoms with E-state index in [0.29, 0.717) is 12.1 Å². The summed E-state index contributed by atoms with van der Waals surface area (Å²) in [4.78, 5) is 0. The number of hydrogen-bond acceptors (Lipinski definition) is 1. The lowest BCUT2D eigenvalue weighted by molar-refractivity contribution is 0.318. The van der Waals surface area contributed by atoms with Gasteiger partial charge < -0.3 is 5.32 Å². The Kier molecular flexibility index (Phi) is 8.94. The Morgan fingerprint density at radius 3 is 1.47 bits per heavy atom. The molecule has 0 heterocycles. The summed E-state index contributed by atoms with van der Waals surface area (Å²) in [6.45, 7) is 16.3. The minimum absolute atomic E-state index is 0.667. The number of hydrogen-bond donors (Lipinski definition) is 1. The molecule has 0 bridgehead atoms. The lowest BCUT2D eigenvalue weighted by atomic mass is 9.94. The molecule has 0 radical (unpaired) electrons. The Labute approximate surface area is 110 Å². The Hall–Kier alpha value is -0.0400. The fourth-order valence-electron chi connectivity index (χ4n) is 2.44. The van der Waals surface area contributed by atoms with Crippen molar-refractivity contribution >= 4 is 0 Å². The molecule has 0 aliphatic heterocycles. The van der Waals surface area contributed by atoms with E-state index in [2.05, 4.69) is 53.8 Å². The van der Waals surface area contributed by atoms with Crippen molar-refractivity contribution in [1.82, 2.24) is 5.32 Å². The highest BCUT2D eigenvalue weighted by Gasteiger charge is 2.15. The van der Waals surface area contributed by atoms with E-state index in [1.807, 2.05) is 0 Å². The first-order chi connectivity index (χ1) is 7.81. The minimum atomic E-state index is 0.667. The van der Waals surface area contributed by atoms with Crippen molar-refractivity contribution in [3.63, 3.8) is 0 Å². The predicted octanol–water partition coefficient (Wildman–Crippen LogP) is 4.86. The SMILES string of the molecule is CC(C)CCC(C)NC(CC(C)C)CC(C)C. The quantitative estimate of drug-likeness (QED) is 0.608. The summed E-state index contributed by atoms with van der Waals surface area (Å²) in [6, 6.07) is 1.37. The van der Waals surface area contributed by atoms with Gasteiger partial charge in [-0.1, -0.05) is 41.5 Å². The Morgan fingerprint density at radius 1 is 0.647 bits per heavy atom. The van der Waals surface area contributed by atoms with Crippen molar-refractivity contribution in [2.45, 2.75) is 86.2 Å². The zero-order valence-electron chi connectivity index (χ0n) is 13.2. The maximum absolute atomic E-state index is 3.84. The van der Waals surface area contributed by atoms with Crippen LogP contribution in [0.3, 0.4) is 0 Å². The Morgan fingerprint density at radius 2 is 1.12 bits per heavy atom. The van der Waals surface area contributed by atoms with Gasteiger partial charge in [0, 0.05) is 12.1 Å². The number of nitrogens with one attached hydrogen (secondary N) is 1. The van der Waals surface area contributed by atoms with Crippen LogP contribution in [-0.2, 0) is 0 Å². The van der Waals surface area contributed by atoms with E-state index in [-0.39, 0.29) is 0 Å². The van der Waals surface area contributed by atoms with Gasteiger partial charge in [0.1, 0.15) is 0 Å². The van der Waals surface area contributed by atoms with Crippen molar-refractivity contribution in [2.75, 3.05) is 0 Å². The molecule has 0 aromatic carbocycles. The van der Waals surface area contributed by atoms with Gasteiger partial charge in [0.05, 0.1) is 0 Å². The molecule has 1 N–H and O–H groups in total. The Balaban J connectivity index is 4.03. The molecule has 1 nitrogen and oxygen atoms in total. The van der Waals surface area contributed by atoms with Crippen molar-refractivity contribution in [3.8, 4) is 0 Å². The van der Waals surface area contributed by atoms with E-state index in [4.69, 9.17) is 0 Å². The molecular weight excluding hydrogens is 206 g/mol. The smallest absolute Gasteiger partial charge is 0.00744 e. The normalized spacial score (nSPS) is 14.3. The molecule has 0 saturated carbocycles. The summed E-state index contributed by atoms with van der Waals surface area (Å²) in [7, 11) is 0. The van der Waals surface area contributed by atoms with Crippen LogP contribution in [0.1, 0.15) is 74.1 Å². The fourth-order valence-corrected chi connectivity index (χ4v) is 2.44. The maximum atomic E-state index is 3.84. The Bertz CT molecular complexity index is 162. The summed E-state index contributed by atoms with van der Waals surface area (Å²) in [5.41, 5.74) is 0. The second-order valence-corrected chi connectivity index (χ2v) is 6.99. The van der Waals surface area contributed by atoms with E-state index in [9.17, 15) is 0 Å². The molecule has 0 rings (SSSR count). The van der Waals surface area contributed by atoms with Crippen LogP contribution in [0.15, 0.2) is 0 Å². The van der Waals surface area contributed by atoms with E-state index in [1.54, 1.807) is 0 Å². The van der Waals surface area contributed by atoms with E-state index < -0.39 is 0 Å². The largest absolute Gasteiger partial charge is 0.311 e. The molecule has 0 saturated heterocycles. The van der Waals surface area contributed by atoms with Crippen LogP contribution in [-0.4, -0.2) is 12.1 Å². The van der Waals surface area contributed by atoms with Gasteiger partial charge in [-0.3, -0.25) is 0 Å². The molecular formula is C16H35N. The van der Waals surface area contributed by atoms with Crippen LogP contribution in [0.5, 0.6) is 0 Å². The zero-order chi connectivity index (χ0) is 13.4. The van der Waals surface area contributed by atoms with Crippen LogP contribution in [0.4, 0.5) is 0 Å². The molecule has 0 fully saturated rings. The van der Waals surface area contributed by atoms with E-state index in [1.165, 1.54) is 25.7 Å². The highest BCUT2D eigenvalue weighted by atomic mass is 14.9. The van der Waals surface area contributed by atoms with E-state index in [0.717, 1.165) is 17.8 Å².